The number of hydrogen-bond acceptors (Lipinski definition) is 6. The number of carboxylic acid groups (broad SMARTS) is 1. The zero-order valence-corrected chi connectivity index (χ0v) is 10.3. The van der Waals surface area contributed by atoms with Crippen LogP contribution in [0.5, 0.6) is 0 Å². The van der Waals surface area contributed by atoms with Gasteiger partial charge in [0.1, 0.15) is 0 Å². The van der Waals surface area contributed by atoms with Crippen molar-refractivity contribution in [3.05, 3.63) is 41.3 Å². The number of rotatable bonds is 5. The van der Waals surface area contributed by atoms with Crippen molar-refractivity contribution in [2.75, 3.05) is 5.32 Å². The van der Waals surface area contributed by atoms with E-state index in [0.29, 0.717) is 12.4 Å². The van der Waals surface area contributed by atoms with Gasteiger partial charge in [-0.05, 0) is 24.6 Å². The number of aromatic nitrogens is 2. The van der Waals surface area contributed by atoms with E-state index in [2.05, 4.69) is 15.5 Å². The maximum absolute atomic E-state index is 10.7. The van der Waals surface area contributed by atoms with Crippen LogP contribution in [0.15, 0.2) is 28.7 Å². The van der Waals surface area contributed by atoms with E-state index >= 15 is 0 Å². The van der Waals surface area contributed by atoms with Crippen LogP contribution in [0, 0.1) is 0 Å². The minimum Gasteiger partial charge on any atom is -0.478 e. The molecule has 0 fully saturated rings. The lowest BCUT2D eigenvalue weighted by Gasteiger charge is -2.02. The second-order valence-corrected chi connectivity index (χ2v) is 4.09. The van der Waals surface area contributed by atoms with Gasteiger partial charge >= 0.3 is 12.0 Å². The number of hydrogen-bond donors (Lipinski definition) is 3. The smallest absolute Gasteiger partial charge is 0.335 e. The van der Waals surface area contributed by atoms with Crippen molar-refractivity contribution >= 4 is 12.0 Å². The summed E-state index contributed by atoms with van der Waals surface area (Å²) in [7, 11) is 0. The van der Waals surface area contributed by atoms with Gasteiger partial charge < -0.3 is 20.6 Å². The molecule has 0 aliphatic rings. The van der Waals surface area contributed by atoms with Crippen LogP contribution in [-0.4, -0.2) is 21.3 Å². The summed E-state index contributed by atoms with van der Waals surface area (Å²) in [5.41, 5.74) is 6.76. The SMILES string of the molecule is CC(N)c1nnc(NCc2ccc(C(=O)O)cc2)o1. The molecular weight excluding hydrogens is 248 g/mol. The molecule has 0 amide bonds. The zero-order valence-electron chi connectivity index (χ0n) is 10.3. The second kappa shape index (κ2) is 5.49. The van der Waals surface area contributed by atoms with E-state index in [0.717, 1.165) is 5.56 Å². The number of carbonyl (C=O) groups is 1. The first-order valence-corrected chi connectivity index (χ1v) is 5.71. The molecule has 0 saturated carbocycles. The Morgan fingerprint density at radius 3 is 2.63 bits per heavy atom. The van der Waals surface area contributed by atoms with E-state index < -0.39 is 5.97 Å². The van der Waals surface area contributed by atoms with Crippen LogP contribution < -0.4 is 11.1 Å². The molecule has 100 valence electrons. The van der Waals surface area contributed by atoms with Crippen LogP contribution in [0.4, 0.5) is 6.01 Å². The van der Waals surface area contributed by atoms with Gasteiger partial charge in [-0.2, -0.15) is 0 Å². The normalized spacial score (nSPS) is 12.1. The number of nitrogens with zero attached hydrogens (tertiary/aromatic N) is 2. The lowest BCUT2D eigenvalue weighted by molar-refractivity contribution is 0.0697. The molecule has 1 aromatic heterocycles. The number of aromatic carboxylic acids is 1. The van der Waals surface area contributed by atoms with Crippen molar-refractivity contribution in [2.45, 2.75) is 19.5 Å². The number of benzene rings is 1. The predicted octanol–water partition coefficient (Wildman–Crippen LogP) is 1.40. The van der Waals surface area contributed by atoms with Gasteiger partial charge in [0.05, 0.1) is 11.6 Å². The number of nitrogens with two attached hydrogens (primary N) is 1. The summed E-state index contributed by atoms with van der Waals surface area (Å²) in [6.45, 7) is 2.21. The maximum atomic E-state index is 10.7. The summed E-state index contributed by atoms with van der Waals surface area (Å²) in [6, 6.07) is 6.51. The fourth-order valence-electron chi connectivity index (χ4n) is 1.43. The van der Waals surface area contributed by atoms with Gasteiger partial charge in [0.25, 0.3) is 0 Å². The van der Waals surface area contributed by atoms with Gasteiger partial charge in [0, 0.05) is 6.54 Å². The molecule has 7 heteroatoms. The Labute approximate surface area is 109 Å². The van der Waals surface area contributed by atoms with E-state index in [1.54, 1.807) is 31.2 Å². The first-order valence-electron chi connectivity index (χ1n) is 5.71. The molecule has 1 atom stereocenters. The summed E-state index contributed by atoms with van der Waals surface area (Å²) < 4.78 is 5.28. The molecule has 1 aromatic carbocycles. The first-order chi connectivity index (χ1) is 9.06. The van der Waals surface area contributed by atoms with Crippen molar-refractivity contribution in [3.8, 4) is 0 Å². The van der Waals surface area contributed by atoms with E-state index in [4.69, 9.17) is 15.3 Å². The van der Waals surface area contributed by atoms with Crippen LogP contribution in [0.3, 0.4) is 0 Å². The van der Waals surface area contributed by atoms with Crippen LogP contribution in [0.1, 0.15) is 34.8 Å². The van der Waals surface area contributed by atoms with E-state index in [-0.39, 0.29) is 17.6 Å². The van der Waals surface area contributed by atoms with Crippen LogP contribution >= 0.6 is 0 Å². The predicted molar refractivity (Wildman–Crippen MR) is 67.6 cm³/mol. The average molecular weight is 262 g/mol. The monoisotopic (exact) mass is 262 g/mol. The summed E-state index contributed by atoms with van der Waals surface area (Å²) in [5.74, 6) is -0.582. The standard InChI is InChI=1S/C12H14N4O3/c1-7(13)10-15-16-12(19-10)14-6-8-2-4-9(5-3-8)11(17)18/h2-5,7H,6,13H2,1H3,(H,14,16)(H,17,18). The Kier molecular flexibility index (Phi) is 3.76. The van der Waals surface area contributed by atoms with Gasteiger partial charge in [-0.3, -0.25) is 0 Å². The van der Waals surface area contributed by atoms with Crippen LogP contribution in [-0.2, 0) is 6.54 Å². The molecule has 7 nitrogen and oxygen atoms in total. The highest BCUT2D eigenvalue weighted by molar-refractivity contribution is 5.87. The van der Waals surface area contributed by atoms with Crippen molar-refractivity contribution in [2.24, 2.45) is 5.73 Å². The Bertz CT molecular complexity index is 563. The molecule has 0 aliphatic carbocycles. The van der Waals surface area contributed by atoms with Gasteiger partial charge in [-0.1, -0.05) is 17.2 Å². The summed E-state index contributed by atoms with van der Waals surface area (Å²) >= 11 is 0. The van der Waals surface area contributed by atoms with Crippen LogP contribution in [0.2, 0.25) is 0 Å². The molecule has 0 bridgehead atoms. The Hall–Kier alpha value is -2.41. The van der Waals surface area contributed by atoms with Crippen molar-refractivity contribution in [1.82, 2.24) is 10.2 Å². The molecule has 1 unspecified atom stereocenters. The van der Waals surface area contributed by atoms with E-state index in [1.807, 2.05) is 0 Å². The largest absolute Gasteiger partial charge is 0.478 e. The number of carboxylic acids is 1. The molecule has 2 aromatic rings. The van der Waals surface area contributed by atoms with Gasteiger partial charge in [0.15, 0.2) is 0 Å². The minimum atomic E-state index is -0.946. The Morgan fingerprint density at radius 2 is 2.11 bits per heavy atom. The van der Waals surface area contributed by atoms with Crippen molar-refractivity contribution in [1.29, 1.82) is 0 Å². The maximum Gasteiger partial charge on any atom is 0.335 e. The fourth-order valence-corrected chi connectivity index (χ4v) is 1.43. The van der Waals surface area contributed by atoms with Gasteiger partial charge in [0.2, 0.25) is 5.89 Å². The van der Waals surface area contributed by atoms with Crippen molar-refractivity contribution < 1.29 is 14.3 Å². The highest BCUT2D eigenvalue weighted by atomic mass is 16.4. The Morgan fingerprint density at radius 1 is 1.42 bits per heavy atom. The Balaban J connectivity index is 1.96. The molecule has 0 radical (unpaired) electrons. The second-order valence-electron chi connectivity index (χ2n) is 4.09. The highest BCUT2D eigenvalue weighted by Gasteiger charge is 2.09. The summed E-state index contributed by atoms with van der Waals surface area (Å²) in [6.07, 6.45) is 0. The lowest BCUT2D eigenvalue weighted by Crippen LogP contribution is -2.04. The quantitative estimate of drug-likeness (QED) is 0.746. The van der Waals surface area contributed by atoms with Gasteiger partial charge in [-0.25, -0.2) is 4.79 Å². The number of anilines is 1. The molecule has 0 spiro atoms. The highest BCUT2D eigenvalue weighted by Crippen LogP contribution is 2.12. The molecule has 0 saturated heterocycles. The summed E-state index contributed by atoms with van der Waals surface area (Å²) in [4.78, 5) is 10.7. The molecular formula is C12H14N4O3. The van der Waals surface area contributed by atoms with Crippen LogP contribution in [0.25, 0.3) is 0 Å². The summed E-state index contributed by atoms with van der Waals surface area (Å²) in [5, 5.41) is 19.3. The van der Waals surface area contributed by atoms with E-state index in [9.17, 15) is 4.79 Å². The topological polar surface area (TPSA) is 114 Å². The fraction of sp³-hybridized carbons (Fsp3) is 0.250. The third-order valence-electron chi connectivity index (χ3n) is 2.47. The molecule has 0 aliphatic heterocycles. The first kappa shape index (κ1) is 13.0. The third kappa shape index (κ3) is 3.29. The lowest BCUT2D eigenvalue weighted by atomic mass is 10.1. The zero-order chi connectivity index (χ0) is 13.8. The number of nitrogens with one attached hydrogen (secondary N) is 1. The third-order valence-corrected chi connectivity index (χ3v) is 2.47. The van der Waals surface area contributed by atoms with Gasteiger partial charge in [-0.15, -0.1) is 5.10 Å². The van der Waals surface area contributed by atoms with Crippen molar-refractivity contribution in [3.63, 3.8) is 0 Å². The molecule has 4 N–H and O–H groups in total. The average Bonchev–Trinajstić information content (AvgIpc) is 2.86. The molecule has 1 heterocycles. The molecule has 19 heavy (non-hydrogen) atoms. The van der Waals surface area contributed by atoms with E-state index in [1.165, 1.54) is 0 Å². The minimum absolute atomic E-state index is 0.251. The molecule has 2 rings (SSSR count).